The van der Waals surface area contributed by atoms with Gasteiger partial charge in [0.25, 0.3) is 0 Å². The molecule has 2 N–H and O–H groups in total. The topological polar surface area (TPSA) is 86.7 Å². The molecule has 2 rings (SSSR count). The molecule has 1 aliphatic rings. The van der Waals surface area contributed by atoms with E-state index < -0.39 is 16.1 Å². The standard InChI is InChI=1S/C10H14N2O4S2/c13-8-6-12(7-8)9(14)3-4-11-18(15,16)10-2-1-5-17-10/h1-2,5,8,11,13H,3-4,6-7H2. The molecular formula is C10H14N2O4S2. The molecule has 2 heterocycles. The zero-order valence-electron chi connectivity index (χ0n) is 9.57. The number of β-amino-alcohol motifs (C(OH)–C–C–N with tert-alkyl or cyclic N) is 1. The number of thiophene rings is 1. The minimum Gasteiger partial charge on any atom is -0.389 e. The lowest BCUT2D eigenvalue weighted by atomic mass is 10.1. The molecule has 100 valence electrons. The summed E-state index contributed by atoms with van der Waals surface area (Å²) in [5.41, 5.74) is 0. The lowest BCUT2D eigenvalue weighted by Crippen LogP contribution is -2.53. The number of rotatable bonds is 5. The van der Waals surface area contributed by atoms with Gasteiger partial charge in [-0.3, -0.25) is 4.79 Å². The van der Waals surface area contributed by atoms with Crippen molar-refractivity contribution in [3.8, 4) is 0 Å². The average Bonchev–Trinajstić information content (AvgIpc) is 2.78. The molecule has 18 heavy (non-hydrogen) atoms. The number of carbonyl (C=O) groups is 1. The first-order valence-corrected chi connectivity index (χ1v) is 7.84. The van der Waals surface area contributed by atoms with Crippen LogP contribution in [0.5, 0.6) is 0 Å². The van der Waals surface area contributed by atoms with Crippen LogP contribution >= 0.6 is 11.3 Å². The maximum Gasteiger partial charge on any atom is 0.250 e. The third kappa shape index (κ3) is 3.08. The molecule has 1 fully saturated rings. The van der Waals surface area contributed by atoms with E-state index in [1.165, 1.54) is 11.0 Å². The molecule has 0 atom stereocenters. The molecule has 0 radical (unpaired) electrons. The second-order valence-corrected chi connectivity index (χ2v) is 6.97. The average molecular weight is 290 g/mol. The molecule has 0 spiro atoms. The molecular weight excluding hydrogens is 276 g/mol. The number of amides is 1. The highest BCUT2D eigenvalue weighted by Crippen LogP contribution is 2.15. The summed E-state index contributed by atoms with van der Waals surface area (Å²) in [7, 11) is -3.49. The Morgan fingerprint density at radius 2 is 2.28 bits per heavy atom. The molecule has 6 nitrogen and oxygen atoms in total. The van der Waals surface area contributed by atoms with E-state index in [9.17, 15) is 13.2 Å². The zero-order valence-corrected chi connectivity index (χ0v) is 11.2. The highest BCUT2D eigenvalue weighted by molar-refractivity contribution is 7.91. The van der Waals surface area contributed by atoms with Crippen LogP contribution in [0.15, 0.2) is 21.7 Å². The van der Waals surface area contributed by atoms with Gasteiger partial charge in [-0.05, 0) is 11.4 Å². The molecule has 1 aromatic heterocycles. The second kappa shape index (κ2) is 5.35. The molecule has 1 aromatic rings. The van der Waals surface area contributed by atoms with E-state index in [1.54, 1.807) is 11.4 Å². The van der Waals surface area contributed by atoms with Crippen molar-refractivity contribution in [3.63, 3.8) is 0 Å². The number of aliphatic hydroxyl groups is 1. The maximum absolute atomic E-state index is 11.7. The van der Waals surface area contributed by atoms with Crippen molar-refractivity contribution in [1.29, 1.82) is 0 Å². The second-order valence-electron chi connectivity index (χ2n) is 4.03. The summed E-state index contributed by atoms with van der Waals surface area (Å²) in [6.45, 7) is 0.763. The van der Waals surface area contributed by atoms with Crippen LogP contribution in [0.3, 0.4) is 0 Å². The molecule has 1 amide bonds. The van der Waals surface area contributed by atoms with Crippen LogP contribution < -0.4 is 4.72 Å². The van der Waals surface area contributed by atoms with E-state index in [4.69, 9.17) is 5.11 Å². The third-order valence-corrected chi connectivity index (χ3v) is 5.46. The Morgan fingerprint density at radius 1 is 1.56 bits per heavy atom. The Bertz CT molecular complexity index is 506. The first kappa shape index (κ1) is 13.5. The normalized spacial score (nSPS) is 16.6. The van der Waals surface area contributed by atoms with Gasteiger partial charge in [-0.25, -0.2) is 13.1 Å². The number of likely N-dealkylation sites (tertiary alicyclic amines) is 1. The van der Waals surface area contributed by atoms with Gasteiger partial charge in [0.05, 0.1) is 6.10 Å². The van der Waals surface area contributed by atoms with E-state index in [2.05, 4.69) is 4.72 Å². The monoisotopic (exact) mass is 290 g/mol. The summed E-state index contributed by atoms with van der Waals surface area (Å²) < 4.78 is 26.1. The number of sulfonamides is 1. The number of hydrogen-bond donors (Lipinski definition) is 2. The van der Waals surface area contributed by atoms with Crippen LogP contribution in [0.25, 0.3) is 0 Å². The van der Waals surface area contributed by atoms with Gasteiger partial charge in [-0.2, -0.15) is 0 Å². The molecule has 8 heteroatoms. The Kier molecular flexibility index (Phi) is 4.00. The molecule has 0 aliphatic carbocycles. The van der Waals surface area contributed by atoms with E-state index in [0.717, 1.165) is 11.3 Å². The lowest BCUT2D eigenvalue weighted by Gasteiger charge is -2.35. The van der Waals surface area contributed by atoms with Gasteiger partial charge in [0.1, 0.15) is 4.21 Å². The summed E-state index contributed by atoms with van der Waals surface area (Å²) in [6, 6.07) is 3.17. The van der Waals surface area contributed by atoms with E-state index >= 15 is 0 Å². The number of aliphatic hydroxyl groups excluding tert-OH is 1. The quantitative estimate of drug-likeness (QED) is 0.774. The Morgan fingerprint density at radius 3 is 2.83 bits per heavy atom. The van der Waals surface area contributed by atoms with Gasteiger partial charge in [0.2, 0.25) is 15.9 Å². The fraction of sp³-hybridized carbons (Fsp3) is 0.500. The summed E-state index contributed by atoms with van der Waals surface area (Å²) in [4.78, 5) is 13.0. The van der Waals surface area contributed by atoms with Crippen molar-refractivity contribution in [3.05, 3.63) is 17.5 Å². The van der Waals surface area contributed by atoms with Gasteiger partial charge >= 0.3 is 0 Å². The van der Waals surface area contributed by atoms with Gasteiger partial charge in [-0.15, -0.1) is 11.3 Å². The SMILES string of the molecule is O=C(CCNS(=O)(=O)c1cccs1)N1CC(O)C1. The summed E-state index contributed by atoms with van der Waals surface area (Å²) in [5.74, 6) is -0.144. The highest BCUT2D eigenvalue weighted by Gasteiger charge is 2.28. The molecule has 1 aliphatic heterocycles. The zero-order chi connectivity index (χ0) is 13.2. The minimum atomic E-state index is -3.49. The fourth-order valence-corrected chi connectivity index (χ4v) is 3.67. The summed E-state index contributed by atoms with van der Waals surface area (Å²) >= 11 is 1.13. The van der Waals surface area contributed by atoms with Crippen molar-refractivity contribution in [2.75, 3.05) is 19.6 Å². The Hall–Kier alpha value is -0.960. The smallest absolute Gasteiger partial charge is 0.250 e. The number of nitrogens with zero attached hydrogens (tertiary/aromatic N) is 1. The van der Waals surface area contributed by atoms with Gasteiger partial charge in [0.15, 0.2) is 0 Å². The summed E-state index contributed by atoms with van der Waals surface area (Å²) in [6.07, 6.45) is -0.325. The molecule has 1 saturated heterocycles. The molecule has 0 unspecified atom stereocenters. The fourth-order valence-electron chi connectivity index (χ4n) is 1.60. The van der Waals surface area contributed by atoms with Crippen LogP contribution in [0.4, 0.5) is 0 Å². The summed E-state index contributed by atoms with van der Waals surface area (Å²) in [5, 5.41) is 10.7. The first-order valence-electron chi connectivity index (χ1n) is 5.48. The van der Waals surface area contributed by atoms with Crippen LogP contribution in [-0.2, 0) is 14.8 Å². The van der Waals surface area contributed by atoms with Crippen molar-refractivity contribution < 1.29 is 18.3 Å². The van der Waals surface area contributed by atoms with E-state index in [1.807, 2.05) is 0 Å². The first-order chi connectivity index (χ1) is 8.49. The van der Waals surface area contributed by atoms with Gasteiger partial charge in [0, 0.05) is 26.1 Å². The van der Waals surface area contributed by atoms with Crippen molar-refractivity contribution in [2.24, 2.45) is 0 Å². The van der Waals surface area contributed by atoms with Crippen LogP contribution in [0.1, 0.15) is 6.42 Å². The number of hydrogen-bond acceptors (Lipinski definition) is 5. The van der Waals surface area contributed by atoms with E-state index in [-0.39, 0.29) is 23.1 Å². The molecule has 0 bridgehead atoms. The largest absolute Gasteiger partial charge is 0.389 e. The Balaban J connectivity index is 1.77. The van der Waals surface area contributed by atoms with Gasteiger partial charge < -0.3 is 10.0 Å². The van der Waals surface area contributed by atoms with Gasteiger partial charge in [-0.1, -0.05) is 6.07 Å². The number of nitrogens with one attached hydrogen (secondary N) is 1. The predicted octanol–water partition coefficient (Wildman–Crippen LogP) is -0.380. The van der Waals surface area contributed by atoms with Crippen LogP contribution in [0, 0.1) is 0 Å². The van der Waals surface area contributed by atoms with Crippen molar-refractivity contribution in [1.82, 2.24) is 9.62 Å². The van der Waals surface area contributed by atoms with Crippen LogP contribution in [0.2, 0.25) is 0 Å². The van der Waals surface area contributed by atoms with E-state index in [0.29, 0.717) is 13.1 Å². The predicted molar refractivity (Wildman–Crippen MR) is 66.7 cm³/mol. The third-order valence-electron chi connectivity index (χ3n) is 2.61. The number of carbonyl (C=O) groups excluding carboxylic acids is 1. The van der Waals surface area contributed by atoms with Crippen LogP contribution in [-0.4, -0.2) is 50.1 Å². The maximum atomic E-state index is 11.7. The van der Waals surface area contributed by atoms with Crippen molar-refractivity contribution in [2.45, 2.75) is 16.7 Å². The highest BCUT2D eigenvalue weighted by atomic mass is 32.2. The molecule has 0 aromatic carbocycles. The minimum absolute atomic E-state index is 0.0751. The molecule has 0 saturated carbocycles. The lowest BCUT2D eigenvalue weighted by molar-refractivity contribution is -0.141. The van der Waals surface area contributed by atoms with Crippen molar-refractivity contribution >= 4 is 27.3 Å². The Labute approximate surface area is 109 Å².